The van der Waals surface area contributed by atoms with Crippen LogP contribution in [0.4, 0.5) is 0 Å². The standard InChI is InChI=1S/C20H18BrN3O2/c21-18-10-16(6-3-13(18)11-22)26-15-7-4-14(5-8-15)24-12-19-17(20(24)25)2-1-9-23-19/h1-3,6,9-10,14-15H,4-5,7-8,12H2. The third kappa shape index (κ3) is 3.19. The van der Waals surface area contributed by atoms with Gasteiger partial charge in [0, 0.05) is 16.7 Å². The van der Waals surface area contributed by atoms with Gasteiger partial charge in [-0.1, -0.05) is 0 Å². The summed E-state index contributed by atoms with van der Waals surface area (Å²) in [7, 11) is 0. The van der Waals surface area contributed by atoms with Crippen LogP contribution in [0.3, 0.4) is 0 Å². The Balaban J connectivity index is 1.36. The maximum Gasteiger partial charge on any atom is 0.256 e. The predicted octanol–water partition coefficient (Wildman–Crippen LogP) is 4.06. The molecule has 0 N–H and O–H groups in total. The fourth-order valence-corrected chi connectivity index (χ4v) is 4.21. The Morgan fingerprint density at radius 1 is 1.23 bits per heavy atom. The summed E-state index contributed by atoms with van der Waals surface area (Å²) in [6.45, 7) is 0.619. The third-order valence-corrected chi connectivity index (χ3v) is 5.81. The summed E-state index contributed by atoms with van der Waals surface area (Å²) >= 11 is 3.39. The number of carbonyl (C=O) groups is 1. The van der Waals surface area contributed by atoms with Gasteiger partial charge in [-0.3, -0.25) is 9.78 Å². The molecule has 1 amide bonds. The van der Waals surface area contributed by atoms with Gasteiger partial charge in [-0.2, -0.15) is 5.26 Å². The van der Waals surface area contributed by atoms with E-state index in [1.165, 1.54) is 0 Å². The number of rotatable bonds is 3. The Morgan fingerprint density at radius 3 is 2.73 bits per heavy atom. The van der Waals surface area contributed by atoms with E-state index in [9.17, 15) is 4.79 Å². The van der Waals surface area contributed by atoms with Gasteiger partial charge in [0.05, 0.1) is 29.5 Å². The molecule has 1 fully saturated rings. The highest BCUT2D eigenvalue weighted by Gasteiger charge is 2.35. The molecule has 1 aliphatic carbocycles. The predicted molar refractivity (Wildman–Crippen MR) is 99.6 cm³/mol. The second kappa shape index (κ2) is 7.08. The number of fused-ring (bicyclic) bond motifs is 1. The maximum absolute atomic E-state index is 12.6. The van der Waals surface area contributed by atoms with Crippen molar-refractivity contribution in [1.29, 1.82) is 5.26 Å². The third-order valence-electron chi connectivity index (χ3n) is 5.15. The number of benzene rings is 1. The number of hydrogen-bond acceptors (Lipinski definition) is 4. The molecular formula is C20H18BrN3O2. The highest BCUT2D eigenvalue weighted by Crippen LogP contribution is 2.32. The molecule has 26 heavy (non-hydrogen) atoms. The molecule has 0 spiro atoms. The fourth-order valence-electron chi connectivity index (χ4n) is 3.77. The summed E-state index contributed by atoms with van der Waals surface area (Å²) in [5.74, 6) is 0.877. The van der Waals surface area contributed by atoms with E-state index in [1.54, 1.807) is 12.3 Å². The van der Waals surface area contributed by atoms with Crippen molar-refractivity contribution in [1.82, 2.24) is 9.88 Å². The lowest BCUT2D eigenvalue weighted by Crippen LogP contribution is -2.40. The topological polar surface area (TPSA) is 66.2 Å². The van der Waals surface area contributed by atoms with E-state index in [0.29, 0.717) is 12.1 Å². The minimum absolute atomic E-state index is 0.105. The van der Waals surface area contributed by atoms with Gasteiger partial charge in [0.25, 0.3) is 5.91 Å². The molecule has 0 saturated heterocycles. The lowest BCUT2D eigenvalue weighted by Gasteiger charge is -2.34. The molecule has 4 rings (SSSR count). The molecule has 5 nitrogen and oxygen atoms in total. The molecular weight excluding hydrogens is 394 g/mol. The molecule has 2 aliphatic rings. The summed E-state index contributed by atoms with van der Waals surface area (Å²) in [4.78, 5) is 18.9. The number of nitriles is 1. The number of hydrogen-bond donors (Lipinski definition) is 0. The van der Waals surface area contributed by atoms with Crippen molar-refractivity contribution in [3.8, 4) is 11.8 Å². The van der Waals surface area contributed by atoms with Crippen LogP contribution in [-0.2, 0) is 6.54 Å². The fraction of sp³-hybridized carbons (Fsp3) is 0.350. The maximum atomic E-state index is 12.6. The van der Waals surface area contributed by atoms with Crippen molar-refractivity contribution in [2.24, 2.45) is 0 Å². The van der Waals surface area contributed by atoms with Crippen molar-refractivity contribution in [2.75, 3.05) is 0 Å². The Kier molecular flexibility index (Phi) is 4.64. The van der Waals surface area contributed by atoms with Crippen LogP contribution in [-0.4, -0.2) is 27.9 Å². The highest BCUT2D eigenvalue weighted by atomic mass is 79.9. The lowest BCUT2D eigenvalue weighted by atomic mass is 9.92. The van der Waals surface area contributed by atoms with Gasteiger partial charge in [0.15, 0.2) is 0 Å². The van der Waals surface area contributed by atoms with Gasteiger partial charge in [0.1, 0.15) is 11.8 Å². The number of aromatic nitrogens is 1. The second-order valence-corrected chi connectivity index (χ2v) is 7.59. The molecule has 6 heteroatoms. The average Bonchev–Trinajstić information content (AvgIpc) is 3.00. The monoisotopic (exact) mass is 411 g/mol. The Hall–Kier alpha value is -2.39. The quantitative estimate of drug-likeness (QED) is 0.763. The minimum atomic E-state index is 0.105. The molecule has 1 aromatic carbocycles. The van der Waals surface area contributed by atoms with E-state index >= 15 is 0 Å². The molecule has 2 heterocycles. The first-order valence-corrected chi connectivity index (χ1v) is 9.56. The number of carbonyl (C=O) groups excluding carboxylic acids is 1. The zero-order valence-electron chi connectivity index (χ0n) is 14.2. The molecule has 1 aliphatic heterocycles. The number of amides is 1. The van der Waals surface area contributed by atoms with E-state index in [1.807, 2.05) is 29.2 Å². The highest BCUT2D eigenvalue weighted by molar-refractivity contribution is 9.10. The Morgan fingerprint density at radius 2 is 2.04 bits per heavy atom. The van der Waals surface area contributed by atoms with Crippen LogP contribution in [0.25, 0.3) is 0 Å². The molecule has 2 aromatic rings. The summed E-state index contributed by atoms with van der Waals surface area (Å²) in [6.07, 6.45) is 5.58. The molecule has 0 bridgehead atoms. The lowest BCUT2D eigenvalue weighted by molar-refractivity contribution is 0.0560. The van der Waals surface area contributed by atoms with Gasteiger partial charge in [0.2, 0.25) is 0 Å². The van der Waals surface area contributed by atoms with Gasteiger partial charge in [-0.05, 0) is 71.9 Å². The van der Waals surface area contributed by atoms with Crippen molar-refractivity contribution in [2.45, 2.75) is 44.4 Å². The van der Waals surface area contributed by atoms with Crippen LogP contribution in [0.1, 0.15) is 47.3 Å². The van der Waals surface area contributed by atoms with E-state index in [4.69, 9.17) is 10.00 Å². The first-order chi connectivity index (χ1) is 12.7. The first-order valence-electron chi connectivity index (χ1n) is 8.77. The normalized spacial score (nSPS) is 22.0. The first kappa shape index (κ1) is 17.0. The molecule has 1 saturated carbocycles. The SMILES string of the molecule is N#Cc1ccc(OC2CCC(N3Cc4ncccc4C3=O)CC2)cc1Br. The Labute approximate surface area is 160 Å². The van der Waals surface area contributed by atoms with E-state index in [2.05, 4.69) is 27.0 Å². The van der Waals surface area contributed by atoms with Crippen molar-refractivity contribution < 1.29 is 9.53 Å². The average molecular weight is 412 g/mol. The van der Waals surface area contributed by atoms with Gasteiger partial charge in [-0.25, -0.2) is 0 Å². The van der Waals surface area contributed by atoms with Crippen LogP contribution in [0.15, 0.2) is 41.0 Å². The molecule has 0 unspecified atom stereocenters. The molecule has 0 radical (unpaired) electrons. The van der Waals surface area contributed by atoms with Gasteiger partial charge < -0.3 is 9.64 Å². The summed E-state index contributed by atoms with van der Waals surface area (Å²) in [5.41, 5.74) is 2.23. The summed E-state index contributed by atoms with van der Waals surface area (Å²) in [6, 6.07) is 11.5. The number of nitrogens with zero attached hydrogens (tertiary/aromatic N) is 3. The molecule has 0 atom stereocenters. The largest absolute Gasteiger partial charge is 0.490 e. The van der Waals surface area contributed by atoms with Gasteiger partial charge in [-0.15, -0.1) is 0 Å². The summed E-state index contributed by atoms with van der Waals surface area (Å²) in [5, 5.41) is 8.99. The van der Waals surface area contributed by atoms with E-state index in [-0.39, 0.29) is 18.1 Å². The zero-order chi connectivity index (χ0) is 18.1. The number of halogens is 1. The van der Waals surface area contributed by atoms with Crippen molar-refractivity contribution in [3.63, 3.8) is 0 Å². The van der Waals surface area contributed by atoms with Crippen LogP contribution in [0.5, 0.6) is 5.75 Å². The number of ether oxygens (including phenoxy) is 1. The molecule has 132 valence electrons. The zero-order valence-corrected chi connectivity index (χ0v) is 15.8. The van der Waals surface area contributed by atoms with Crippen LogP contribution < -0.4 is 4.74 Å². The van der Waals surface area contributed by atoms with Crippen LogP contribution >= 0.6 is 15.9 Å². The van der Waals surface area contributed by atoms with Crippen molar-refractivity contribution in [3.05, 3.63) is 57.8 Å². The summed E-state index contributed by atoms with van der Waals surface area (Å²) < 4.78 is 6.83. The molecule has 1 aromatic heterocycles. The van der Waals surface area contributed by atoms with Crippen LogP contribution in [0, 0.1) is 11.3 Å². The Bertz CT molecular complexity index is 885. The van der Waals surface area contributed by atoms with Gasteiger partial charge >= 0.3 is 0 Å². The van der Waals surface area contributed by atoms with Crippen molar-refractivity contribution >= 4 is 21.8 Å². The minimum Gasteiger partial charge on any atom is -0.490 e. The van der Waals surface area contributed by atoms with E-state index in [0.717, 1.165) is 47.2 Å². The van der Waals surface area contributed by atoms with E-state index < -0.39 is 0 Å². The number of pyridine rings is 1. The second-order valence-electron chi connectivity index (χ2n) is 6.73. The smallest absolute Gasteiger partial charge is 0.256 e. The van der Waals surface area contributed by atoms with Crippen LogP contribution in [0.2, 0.25) is 0 Å².